The van der Waals surface area contributed by atoms with Crippen molar-refractivity contribution in [2.45, 2.75) is 18.2 Å². The minimum Gasteiger partial charge on any atom is -0.311 e. The van der Waals surface area contributed by atoms with Gasteiger partial charge >= 0.3 is 0 Å². The van der Waals surface area contributed by atoms with Crippen molar-refractivity contribution in [1.82, 2.24) is 4.72 Å². The lowest BCUT2D eigenvalue weighted by atomic mass is 10.2. The van der Waals surface area contributed by atoms with Gasteiger partial charge in [-0.3, -0.25) is 4.79 Å². The fourth-order valence-electron chi connectivity index (χ4n) is 2.77. The molecule has 0 aromatic heterocycles. The van der Waals surface area contributed by atoms with Crippen LogP contribution >= 0.6 is 11.6 Å². The molecule has 0 spiro atoms. The van der Waals surface area contributed by atoms with Crippen LogP contribution in [-0.2, 0) is 20.6 Å². The van der Waals surface area contributed by atoms with Gasteiger partial charge in [-0.25, -0.2) is 17.5 Å². The van der Waals surface area contributed by atoms with E-state index >= 15 is 0 Å². The Bertz CT molecular complexity index is 887. The molecule has 2 aromatic rings. The quantitative estimate of drug-likeness (QED) is 0.864. The van der Waals surface area contributed by atoms with E-state index in [-0.39, 0.29) is 11.7 Å². The van der Waals surface area contributed by atoms with E-state index in [0.717, 1.165) is 0 Å². The number of hydrogen-bond acceptors (Lipinski definition) is 3. The zero-order valence-corrected chi connectivity index (χ0v) is 14.7. The summed E-state index contributed by atoms with van der Waals surface area (Å²) >= 11 is 5.86. The van der Waals surface area contributed by atoms with Crippen LogP contribution in [0.25, 0.3) is 0 Å². The van der Waals surface area contributed by atoms with Gasteiger partial charge in [0, 0.05) is 17.3 Å². The van der Waals surface area contributed by atoms with Gasteiger partial charge in [-0.15, -0.1) is 0 Å². The monoisotopic (exact) mass is 382 g/mol. The maximum Gasteiger partial charge on any atom is 0.245 e. The molecule has 0 bridgehead atoms. The van der Waals surface area contributed by atoms with Gasteiger partial charge < -0.3 is 4.90 Å². The highest BCUT2D eigenvalue weighted by atomic mass is 35.5. The van der Waals surface area contributed by atoms with Crippen LogP contribution in [0.3, 0.4) is 0 Å². The third kappa shape index (κ3) is 4.36. The zero-order valence-electron chi connectivity index (χ0n) is 13.2. The number of nitrogens with one attached hydrogen (secondary N) is 1. The lowest BCUT2D eigenvalue weighted by molar-refractivity contribution is -0.118. The molecular formula is C17H16ClFN2O3S. The van der Waals surface area contributed by atoms with E-state index in [4.69, 9.17) is 11.6 Å². The van der Waals surface area contributed by atoms with E-state index in [9.17, 15) is 17.6 Å². The SMILES string of the molecule is O=C1[C@H](NS(=O)(=O)Cc2cccc(Cl)c2)CCN1c1ccc(F)cc1. The Morgan fingerprint density at radius 1 is 1.20 bits per heavy atom. The van der Waals surface area contributed by atoms with Gasteiger partial charge in [-0.05, 0) is 48.4 Å². The van der Waals surface area contributed by atoms with Crippen LogP contribution in [0.15, 0.2) is 48.5 Å². The predicted octanol–water partition coefficient (Wildman–Crippen LogP) is 2.70. The first-order valence-electron chi connectivity index (χ1n) is 7.65. The molecule has 25 heavy (non-hydrogen) atoms. The number of hydrogen-bond donors (Lipinski definition) is 1. The number of halogens is 2. The van der Waals surface area contributed by atoms with Crippen molar-refractivity contribution in [1.29, 1.82) is 0 Å². The third-order valence-electron chi connectivity index (χ3n) is 3.91. The molecule has 0 aliphatic carbocycles. The summed E-state index contributed by atoms with van der Waals surface area (Å²) < 4.78 is 40.1. The molecule has 3 rings (SSSR count). The smallest absolute Gasteiger partial charge is 0.245 e. The first-order chi connectivity index (χ1) is 11.8. The van der Waals surface area contributed by atoms with Crippen molar-refractivity contribution >= 4 is 33.2 Å². The number of carbonyl (C=O) groups is 1. The topological polar surface area (TPSA) is 66.5 Å². The molecule has 1 amide bonds. The Labute approximate surface area is 150 Å². The molecule has 0 saturated carbocycles. The summed E-state index contributed by atoms with van der Waals surface area (Å²) in [4.78, 5) is 13.9. The molecule has 132 valence electrons. The summed E-state index contributed by atoms with van der Waals surface area (Å²) in [5.74, 6) is -0.996. The molecule has 8 heteroatoms. The molecule has 1 fully saturated rings. The predicted molar refractivity (Wildman–Crippen MR) is 94.4 cm³/mol. The lowest BCUT2D eigenvalue weighted by Gasteiger charge is -2.17. The molecule has 1 aliphatic rings. The number of rotatable bonds is 5. The molecule has 1 aliphatic heterocycles. The van der Waals surface area contributed by atoms with Crippen LogP contribution < -0.4 is 9.62 Å². The minimum atomic E-state index is -3.70. The summed E-state index contributed by atoms with van der Waals surface area (Å²) in [5, 5.41) is 0.451. The first-order valence-corrected chi connectivity index (χ1v) is 9.68. The van der Waals surface area contributed by atoms with Gasteiger partial charge in [0.1, 0.15) is 11.9 Å². The number of nitrogens with zero attached hydrogens (tertiary/aromatic N) is 1. The Balaban J connectivity index is 1.68. The number of amides is 1. The van der Waals surface area contributed by atoms with Crippen LogP contribution in [0.5, 0.6) is 0 Å². The van der Waals surface area contributed by atoms with Crippen LogP contribution in [0.4, 0.5) is 10.1 Å². The van der Waals surface area contributed by atoms with Gasteiger partial charge in [0.25, 0.3) is 0 Å². The van der Waals surface area contributed by atoms with Crippen molar-refractivity contribution in [3.05, 3.63) is 64.9 Å². The molecule has 1 N–H and O–H groups in total. The number of benzene rings is 2. The van der Waals surface area contributed by atoms with Gasteiger partial charge in [0.05, 0.1) is 5.75 Å². The summed E-state index contributed by atoms with van der Waals surface area (Å²) in [6, 6.07) is 11.3. The summed E-state index contributed by atoms with van der Waals surface area (Å²) in [5.41, 5.74) is 1.09. The van der Waals surface area contributed by atoms with Crippen LogP contribution in [0.1, 0.15) is 12.0 Å². The number of sulfonamides is 1. The first kappa shape index (κ1) is 17.8. The molecule has 1 atom stereocenters. The van der Waals surface area contributed by atoms with Gasteiger partial charge in [-0.1, -0.05) is 23.7 Å². The second-order valence-corrected chi connectivity index (χ2v) is 8.00. The summed E-state index contributed by atoms with van der Waals surface area (Å²) in [7, 11) is -3.70. The molecule has 1 heterocycles. The van der Waals surface area contributed by atoms with Crippen LogP contribution in [0.2, 0.25) is 5.02 Å². The van der Waals surface area contributed by atoms with E-state index < -0.39 is 21.9 Å². The van der Waals surface area contributed by atoms with E-state index in [1.165, 1.54) is 29.2 Å². The Hall–Kier alpha value is -1.96. The Morgan fingerprint density at radius 3 is 2.60 bits per heavy atom. The molecule has 1 saturated heterocycles. The van der Waals surface area contributed by atoms with E-state index in [1.54, 1.807) is 24.3 Å². The standard InChI is InChI=1S/C17H16ClFN2O3S/c18-13-3-1-2-12(10-13)11-25(23,24)20-16-8-9-21(17(16)22)15-6-4-14(19)5-7-15/h1-7,10,16,20H,8-9,11H2/t16-/m1/s1. The lowest BCUT2D eigenvalue weighted by Crippen LogP contribution is -2.42. The van der Waals surface area contributed by atoms with Crippen molar-refractivity contribution in [3.8, 4) is 0 Å². The van der Waals surface area contributed by atoms with Gasteiger partial charge in [0.15, 0.2) is 0 Å². The largest absolute Gasteiger partial charge is 0.311 e. The van der Waals surface area contributed by atoms with Crippen LogP contribution in [0, 0.1) is 5.82 Å². The zero-order chi connectivity index (χ0) is 18.0. The minimum absolute atomic E-state index is 0.256. The fraction of sp³-hybridized carbons (Fsp3) is 0.235. The van der Waals surface area contributed by atoms with E-state index in [0.29, 0.717) is 29.2 Å². The maximum absolute atomic E-state index is 13.0. The molecule has 0 unspecified atom stereocenters. The van der Waals surface area contributed by atoms with Gasteiger partial charge in [0.2, 0.25) is 15.9 Å². The van der Waals surface area contributed by atoms with E-state index in [2.05, 4.69) is 4.72 Å². The van der Waals surface area contributed by atoms with Crippen molar-refractivity contribution in [2.75, 3.05) is 11.4 Å². The maximum atomic E-state index is 13.0. The normalized spacial score (nSPS) is 17.9. The number of anilines is 1. The Morgan fingerprint density at radius 2 is 1.92 bits per heavy atom. The highest BCUT2D eigenvalue weighted by molar-refractivity contribution is 7.88. The Kier molecular flexibility index (Phi) is 5.08. The summed E-state index contributed by atoms with van der Waals surface area (Å²) in [6.45, 7) is 0.370. The number of carbonyl (C=O) groups excluding carboxylic acids is 1. The molecule has 5 nitrogen and oxygen atoms in total. The second-order valence-electron chi connectivity index (χ2n) is 5.81. The van der Waals surface area contributed by atoms with Crippen molar-refractivity contribution < 1.29 is 17.6 Å². The van der Waals surface area contributed by atoms with Gasteiger partial charge in [-0.2, -0.15) is 0 Å². The summed E-state index contributed by atoms with van der Waals surface area (Å²) in [6.07, 6.45) is 0.352. The van der Waals surface area contributed by atoms with Crippen molar-refractivity contribution in [3.63, 3.8) is 0 Å². The molecule has 0 radical (unpaired) electrons. The molecule has 2 aromatic carbocycles. The average molecular weight is 383 g/mol. The van der Waals surface area contributed by atoms with Crippen LogP contribution in [-0.4, -0.2) is 26.9 Å². The van der Waals surface area contributed by atoms with E-state index in [1.807, 2.05) is 0 Å². The second kappa shape index (κ2) is 7.11. The third-order valence-corrected chi connectivity index (χ3v) is 5.50. The average Bonchev–Trinajstić information content (AvgIpc) is 2.88. The van der Waals surface area contributed by atoms with Crippen molar-refractivity contribution in [2.24, 2.45) is 0 Å². The fourth-order valence-corrected chi connectivity index (χ4v) is 4.34. The molecular weight excluding hydrogens is 367 g/mol. The highest BCUT2D eigenvalue weighted by Gasteiger charge is 2.35. The highest BCUT2D eigenvalue weighted by Crippen LogP contribution is 2.22.